The summed E-state index contributed by atoms with van der Waals surface area (Å²) in [5, 5.41) is 1.23. The maximum atomic E-state index is 4.98. The van der Waals surface area contributed by atoms with Gasteiger partial charge in [0.2, 0.25) is 0 Å². The Bertz CT molecular complexity index is 2540. The average molecular weight is 671 g/mol. The minimum absolute atomic E-state index is 0.0611. The minimum Gasteiger partial charge on any atom is -0.316 e. The summed E-state index contributed by atoms with van der Waals surface area (Å²) in [6.45, 7) is 10.1. The fourth-order valence-electron chi connectivity index (χ4n) is 6.80. The molecule has 0 amide bonds. The van der Waals surface area contributed by atoms with Crippen LogP contribution >= 0.6 is 0 Å². The highest BCUT2D eigenvalue weighted by Crippen LogP contribution is 2.36. The Morgan fingerprint density at radius 2 is 1.12 bits per heavy atom. The number of rotatable bonds is 10. The van der Waals surface area contributed by atoms with Crippen molar-refractivity contribution in [3.8, 4) is 61.8 Å². The van der Waals surface area contributed by atoms with Crippen molar-refractivity contribution >= 4 is 10.9 Å². The van der Waals surface area contributed by atoms with Crippen molar-refractivity contribution < 1.29 is 0 Å². The van der Waals surface area contributed by atoms with Gasteiger partial charge in [0.15, 0.2) is 11.6 Å². The zero-order chi connectivity index (χ0) is 35.4. The Morgan fingerprint density at radius 3 is 1.77 bits per heavy atom. The van der Waals surface area contributed by atoms with E-state index in [1.807, 2.05) is 12.2 Å². The molecule has 4 nitrogen and oxygen atoms in total. The van der Waals surface area contributed by atoms with E-state index in [4.69, 9.17) is 15.0 Å². The third-order valence-corrected chi connectivity index (χ3v) is 9.57. The van der Waals surface area contributed by atoms with Crippen molar-refractivity contribution in [3.05, 3.63) is 195 Å². The van der Waals surface area contributed by atoms with Gasteiger partial charge in [0.05, 0.1) is 5.52 Å². The topological polar surface area (TPSA) is 43.6 Å². The van der Waals surface area contributed by atoms with Gasteiger partial charge in [-0.3, -0.25) is 0 Å². The van der Waals surface area contributed by atoms with Crippen LogP contribution in [-0.4, -0.2) is 19.5 Å². The largest absolute Gasteiger partial charge is 0.316 e. The molecule has 52 heavy (non-hydrogen) atoms. The van der Waals surface area contributed by atoms with E-state index in [9.17, 15) is 0 Å². The van der Waals surface area contributed by atoms with Crippen LogP contribution in [0.25, 0.3) is 72.7 Å². The number of hydrogen-bond acceptors (Lipinski definition) is 3. The molecule has 0 bridgehead atoms. The second kappa shape index (κ2) is 14.3. The summed E-state index contributed by atoms with van der Waals surface area (Å²) in [7, 11) is 0. The number of aromatic nitrogens is 4. The first-order valence-electron chi connectivity index (χ1n) is 17.6. The van der Waals surface area contributed by atoms with Crippen molar-refractivity contribution in [3.63, 3.8) is 0 Å². The highest BCUT2D eigenvalue weighted by Gasteiger charge is 2.17. The van der Waals surface area contributed by atoms with Crippen LogP contribution in [0.1, 0.15) is 23.7 Å². The molecule has 6 aromatic carbocycles. The van der Waals surface area contributed by atoms with Crippen molar-refractivity contribution in [1.82, 2.24) is 19.5 Å². The Morgan fingerprint density at radius 1 is 0.558 bits per heavy atom. The number of para-hydroxylation sites is 2. The standard InChI is InChI=1S/C48H38N4/c1-4-14-34(5-2)46-49-47(35-27-25-33(3)26-28-35)51-48(50-46)41-20-13-18-39(31-41)37-16-11-15-36(29-37)38-17-12-19-40(30-38)44-32-52(42-21-7-6-8-22-42)45-24-10-9-23-43(44)45/h4-13,15-32,34H,1-2,14H2,3H3. The summed E-state index contributed by atoms with van der Waals surface area (Å²) >= 11 is 0. The lowest BCUT2D eigenvalue weighted by Gasteiger charge is -2.13. The van der Waals surface area contributed by atoms with Crippen LogP contribution in [0.5, 0.6) is 0 Å². The highest BCUT2D eigenvalue weighted by atomic mass is 15.0. The van der Waals surface area contributed by atoms with Gasteiger partial charge in [-0.15, -0.1) is 13.2 Å². The normalized spacial score (nSPS) is 11.7. The lowest BCUT2D eigenvalue weighted by molar-refractivity contribution is 0.772. The summed E-state index contributed by atoms with van der Waals surface area (Å²) in [6, 6.07) is 53.5. The van der Waals surface area contributed by atoms with Gasteiger partial charge in [-0.2, -0.15) is 0 Å². The molecule has 0 saturated carbocycles. The van der Waals surface area contributed by atoms with Gasteiger partial charge in [-0.05, 0) is 77.6 Å². The monoisotopic (exact) mass is 670 g/mol. The summed E-state index contributed by atoms with van der Waals surface area (Å²) in [5.41, 5.74) is 12.3. The van der Waals surface area contributed by atoms with Crippen LogP contribution in [0.2, 0.25) is 0 Å². The van der Waals surface area contributed by atoms with E-state index in [0.29, 0.717) is 23.9 Å². The first kappa shape index (κ1) is 32.5. The third kappa shape index (κ3) is 6.50. The molecule has 8 rings (SSSR count). The predicted octanol–water partition coefficient (Wildman–Crippen LogP) is 12.3. The second-order valence-corrected chi connectivity index (χ2v) is 13.1. The molecule has 1 unspecified atom stereocenters. The maximum absolute atomic E-state index is 4.98. The SMILES string of the molecule is C=CCC(C=C)c1nc(-c2ccc(C)cc2)nc(-c2cccc(-c3cccc(-c4cccc(-c5cn(-c6ccccc6)c6ccccc56)c4)c3)c2)n1. The third-order valence-electron chi connectivity index (χ3n) is 9.57. The van der Waals surface area contributed by atoms with Gasteiger partial charge in [0.1, 0.15) is 5.82 Å². The summed E-state index contributed by atoms with van der Waals surface area (Å²) in [4.78, 5) is 14.8. The van der Waals surface area contributed by atoms with E-state index in [1.165, 1.54) is 27.6 Å². The van der Waals surface area contributed by atoms with E-state index < -0.39 is 0 Å². The Labute approximate surface area is 305 Å². The van der Waals surface area contributed by atoms with Gasteiger partial charge in [0.25, 0.3) is 0 Å². The first-order chi connectivity index (χ1) is 25.6. The van der Waals surface area contributed by atoms with Crippen molar-refractivity contribution in [2.24, 2.45) is 0 Å². The molecule has 0 radical (unpaired) electrons. The van der Waals surface area contributed by atoms with Crippen LogP contribution in [-0.2, 0) is 0 Å². The summed E-state index contributed by atoms with van der Waals surface area (Å²) in [5.74, 6) is 1.91. The van der Waals surface area contributed by atoms with Crippen LogP contribution < -0.4 is 0 Å². The first-order valence-corrected chi connectivity index (χ1v) is 17.6. The highest BCUT2D eigenvalue weighted by molar-refractivity contribution is 5.98. The van der Waals surface area contributed by atoms with Gasteiger partial charge in [-0.25, -0.2) is 15.0 Å². The zero-order valence-corrected chi connectivity index (χ0v) is 29.2. The number of aryl methyl sites for hydroxylation is 1. The zero-order valence-electron chi connectivity index (χ0n) is 29.2. The van der Waals surface area contributed by atoms with E-state index in [2.05, 4.69) is 183 Å². The van der Waals surface area contributed by atoms with Crippen molar-refractivity contribution in [1.29, 1.82) is 0 Å². The molecular formula is C48H38N4. The van der Waals surface area contributed by atoms with Crippen LogP contribution in [0.4, 0.5) is 0 Å². The smallest absolute Gasteiger partial charge is 0.163 e. The molecule has 0 N–H and O–H groups in total. The molecule has 0 fully saturated rings. The molecule has 250 valence electrons. The quantitative estimate of drug-likeness (QED) is 0.136. The summed E-state index contributed by atoms with van der Waals surface area (Å²) < 4.78 is 2.28. The molecule has 0 spiro atoms. The summed E-state index contributed by atoms with van der Waals surface area (Å²) in [6.07, 6.45) is 6.72. The minimum atomic E-state index is -0.0611. The Kier molecular flexibility index (Phi) is 8.95. The molecule has 0 aliphatic rings. The second-order valence-electron chi connectivity index (χ2n) is 13.1. The average Bonchev–Trinajstić information content (AvgIpc) is 3.60. The molecule has 0 aliphatic carbocycles. The van der Waals surface area contributed by atoms with E-state index in [1.54, 1.807) is 0 Å². The van der Waals surface area contributed by atoms with Crippen molar-refractivity contribution in [2.45, 2.75) is 19.3 Å². The lowest BCUT2D eigenvalue weighted by atomic mass is 9.95. The lowest BCUT2D eigenvalue weighted by Crippen LogP contribution is -2.07. The number of nitrogens with zero attached hydrogens (tertiary/aromatic N) is 4. The van der Waals surface area contributed by atoms with E-state index >= 15 is 0 Å². The fourth-order valence-corrected chi connectivity index (χ4v) is 6.80. The van der Waals surface area contributed by atoms with E-state index in [-0.39, 0.29) is 5.92 Å². The van der Waals surface area contributed by atoms with Crippen molar-refractivity contribution in [2.75, 3.05) is 0 Å². The maximum Gasteiger partial charge on any atom is 0.163 e. The van der Waals surface area contributed by atoms with Crippen LogP contribution in [0, 0.1) is 6.92 Å². The molecule has 1 atom stereocenters. The predicted molar refractivity (Wildman–Crippen MR) is 216 cm³/mol. The Balaban J connectivity index is 1.16. The number of allylic oxidation sites excluding steroid dienone is 2. The number of benzene rings is 6. The van der Waals surface area contributed by atoms with Crippen LogP contribution in [0.15, 0.2) is 183 Å². The Hall–Kier alpha value is -6.65. The molecule has 2 heterocycles. The molecular weight excluding hydrogens is 633 g/mol. The number of fused-ring (bicyclic) bond motifs is 1. The van der Waals surface area contributed by atoms with Gasteiger partial charge < -0.3 is 4.57 Å². The molecule has 4 heteroatoms. The van der Waals surface area contributed by atoms with Gasteiger partial charge >= 0.3 is 0 Å². The molecule has 0 aliphatic heterocycles. The molecule has 0 saturated heterocycles. The molecule has 2 aromatic heterocycles. The van der Waals surface area contributed by atoms with E-state index in [0.717, 1.165) is 39.1 Å². The molecule has 8 aromatic rings. The van der Waals surface area contributed by atoms with Gasteiger partial charge in [0, 0.05) is 39.9 Å². The van der Waals surface area contributed by atoms with Crippen LogP contribution in [0.3, 0.4) is 0 Å². The number of hydrogen-bond donors (Lipinski definition) is 0. The fraction of sp³-hybridized carbons (Fsp3) is 0.0625. The van der Waals surface area contributed by atoms with Gasteiger partial charge in [-0.1, -0.05) is 133 Å².